The SMILES string of the molecule is C[C@@H]1[C@@H](C)SCCN1C(=O)NCCCc1nc2ccccc2[nH]1. The summed E-state index contributed by atoms with van der Waals surface area (Å²) >= 11 is 1.94. The van der Waals surface area contributed by atoms with E-state index in [1.54, 1.807) is 0 Å². The number of aromatic nitrogens is 2. The lowest BCUT2D eigenvalue weighted by Crippen LogP contribution is -2.52. The van der Waals surface area contributed by atoms with Gasteiger partial charge in [-0.1, -0.05) is 19.1 Å². The number of benzene rings is 1. The van der Waals surface area contributed by atoms with Crippen molar-refractivity contribution in [2.75, 3.05) is 18.8 Å². The van der Waals surface area contributed by atoms with Crippen molar-refractivity contribution < 1.29 is 4.79 Å². The molecule has 1 aliphatic heterocycles. The lowest BCUT2D eigenvalue weighted by atomic mass is 10.2. The molecule has 2 atom stereocenters. The average molecular weight is 332 g/mol. The summed E-state index contributed by atoms with van der Waals surface area (Å²) in [7, 11) is 0. The van der Waals surface area contributed by atoms with Crippen LogP contribution in [-0.2, 0) is 6.42 Å². The van der Waals surface area contributed by atoms with E-state index in [1.807, 2.05) is 40.9 Å². The number of amides is 2. The molecule has 6 heteroatoms. The highest BCUT2D eigenvalue weighted by Crippen LogP contribution is 2.24. The zero-order valence-electron chi connectivity index (χ0n) is 13.7. The second kappa shape index (κ2) is 7.25. The van der Waals surface area contributed by atoms with Crippen LogP contribution in [0.3, 0.4) is 0 Å². The number of fused-ring (bicyclic) bond motifs is 1. The molecule has 5 nitrogen and oxygen atoms in total. The fraction of sp³-hybridized carbons (Fsp3) is 0.529. The highest BCUT2D eigenvalue weighted by atomic mass is 32.2. The van der Waals surface area contributed by atoms with Crippen molar-refractivity contribution in [3.63, 3.8) is 0 Å². The summed E-state index contributed by atoms with van der Waals surface area (Å²) in [6.45, 7) is 5.84. The minimum absolute atomic E-state index is 0.0641. The molecule has 0 radical (unpaired) electrons. The van der Waals surface area contributed by atoms with Gasteiger partial charge in [-0.2, -0.15) is 11.8 Å². The quantitative estimate of drug-likeness (QED) is 0.846. The topological polar surface area (TPSA) is 61.0 Å². The first-order valence-electron chi connectivity index (χ1n) is 8.25. The van der Waals surface area contributed by atoms with E-state index in [2.05, 4.69) is 29.1 Å². The van der Waals surface area contributed by atoms with Gasteiger partial charge in [0.2, 0.25) is 0 Å². The number of nitrogens with one attached hydrogen (secondary N) is 2. The Bertz CT molecular complexity index is 638. The van der Waals surface area contributed by atoms with Crippen LogP contribution in [0, 0.1) is 0 Å². The van der Waals surface area contributed by atoms with Crippen molar-refractivity contribution in [2.24, 2.45) is 0 Å². The van der Waals surface area contributed by atoms with Gasteiger partial charge in [-0.05, 0) is 25.5 Å². The minimum Gasteiger partial charge on any atom is -0.342 e. The Morgan fingerprint density at radius 3 is 3.09 bits per heavy atom. The lowest BCUT2D eigenvalue weighted by molar-refractivity contribution is 0.180. The number of thioether (sulfide) groups is 1. The van der Waals surface area contributed by atoms with Gasteiger partial charge in [-0.3, -0.25) is 0 Å². The zero-order valence-corrected chi connectivity index (χ0v) is 14.5. The number of nitrogens with zero attached hydrogens (tertiary/aromatic N) is 2. The normalized spacial score (nSPS) is 21.6. The van der Waals surface area contributed by atoms with Crippen LogP contribution in [0.5, 0.6) is 0 Å². The third-order valence-corrected chi connectivity index (χ3v) is 5.79. The van der Waals surface area contributed by atoms with Gasteiger partial charge >= 0.3 is 6.03 Å². The first-order chi connectivity index (χ1) is 11.1. The molecule has 1 aromatic heterocycles. The summed E-state index contributed by atoms with van der Waals surface area (Å²) in [6.07, 6.45) is 1.73. The Balaban J connectivity index is 1.45. The molecule has 2 heterocycles. The molecule has 2 amide bonds. The highest BCUT2D eigenvalue weighted by Gasteiger charge is 2.28. The van der Waals surface area contributed by atoms with E-state index in [0.717, 1.165) is 42.0 Å². The van der Waals surface area contributed by atoms with Crippen molar-refractivity contribution in [2.45, 2.75) is 38.0 Å². The molecule has 2 aromatic rings. The van der Waals surface area contributed by atoms with E-state index in [-0.39, 0.29) is 6.03 Å². The Kier molecular flexibility index (Phi) is 5.10. The van der Waals surface area contributed by atoms with Gasteiger partial charge in [0.15, 0.2) is 0 Å². The fourth-order valence-electron chi connectivity index (χ4n) is 2.90. The van der Waals surface area contributed by atoms with Gasteiger partial charge in [0.1, 0.15) is 5.82 Å². The largest absolute Gasteiger partial charge is 0.342 e. The molecule has 2 N–H and O–H groups in total. The molecule has 0 saturated carbocycles. The minimum atomic E-state index is 0.0641. The number of imidazole rings is 1. The van der Waals surface area contributed by atoms with Crippen LogP contribution in [0.2, 0.25) is 0 Å². The number of rotatable bonds is 4. The predicted molar refractivity (Wildman–Crippen MR) is 95.9 cm³/mol. The number of hydrogen-bond acceptors (Lipinski definition) is 3. The molecule has 124 valence electrons. The van der Waals surface area contributed by atoms with E-state index < -0.39 is 0 Å². The Labute approximate surface area is 141 Å². The Morgan fingerprint density at radius 2 is 2.26 bits per heavy atom. The molecule has 0 aliphatic carbocycles. The van der Waals surface area contributed by atoms with Gasteiger partial charge in [-0.15, -0.1) is 0 Å². The van der Waals surface area contributed by atoms with E-state index in [4.69, 9.17) is 0 Å². The molecule has 1 fully saturated rings. The molecule has 3 rings (SSSR count). The summed E-state index contributed by atoms with van der Waals surface area (Å²) in [5, 5.41) is 3.55. The molecule has 1 saturated heterocycles. The lowest BCUT2D eigenvalue weighted by Gasteiger charge is -2.37. The van der Waals surface area contributed by atoms with Gasteiger partial charge < -0.3 is 15.2 Å². The van der Waals surface area contributed by atoms with Crippen molar-refractivity contribution in [3.8, 4) is 0 Å². The smallest absolute Gasteiger partial charge is 0.317 e. The summed E-state index contributed by atoms with van der Waals surface area (Å²) < 4.78 is 0. The van der Waals surface area contributed by atoms with Crippen molar-refractivity contribution in [1.82, 2.24) is 20.2 Å². The van der Waals surface area contributed by atoms with Crippen LogP contribution in [-0.4, -0.2) is 51.0 Å². The van der Waals surface area contributed by atoms with E-state index in [9.17, 15) is 4.79 Å². The van der Waals surface area contributed by atoms with E-state index >= 15 is 0 Å². The first kappa shape index (κ1) is 16.2. The second-order valence-electron chi connectivity index (χ2n) is 6.05. The maximum atomic E-state index is 12.3. The highest BCUT2D eigenvalue weighted by molar-refractivity contribution is 8.00. The van der Waals surface area contributed by atoms with Crippen molar-refractivity contribution >= 4 is 28.8 Å². The molecule has 1 aromatic carbocycles. The van der Waals surface area contributed by atoms with Crippen molar-refractivity contribution in [1.29, 1.82) is 0 Å². The first-order valence-corrected chi connectivity index (χ1v) is 9.29. The summed E-state index contributed by atoms with van der Waals surface area (Å²) in [5.74, 6) is 2.01. The summed E-state index contributed by atoms with van der Waals surface area (Å²) in [4.78, 5) is 22.1. The van der Waals surface area contributed by atoms with Gasteiger partial charge in [-0.25, -0.2) is 9.78 Å². The molecule has 0 bridgehead atoms. The van der Waals surface area contributed by atoms with Gasteiger partial charge in [0.25, 0.3) is 0 Å². The summed E-state index contributed by atoms with van der Waals surface area (Å²) in [6, 6.07) is 8.40. The average Bonchev–Trinajstić information content (AvgIpc) is 2.96. The number of para-hydroxylation sites is 2. The van der Waals surface area contributed by atoms with Gasteiger partial charge in [0.05, 0.1) is 11.0 Å². The van der Waals surface area contributed by atoms with Crippen LogP contribution >= 0.6 is 11.8 Å². The molecular weight excluding hydrogens is 308 g/mol. The fourth-order valence-corrected chi connectivity index (χ4v) is 4.00. The number of aromatic amines is 1. The molecule has 0 unspecified atom stereocenters. The number of carbonyl (C=O) groups excluding carboxylic acids is 1. The van der Waals surface area contributed by atoms with Crippen LogP contribution in [0.25, 0.3) is 11.0 Å². The number of carbonyl (C=O) groups is 1. The van der Waals surface area contributed by atoms with Crippen LogP contribution in [0.1, 0.15) is 26.1 Å². The van der Waals surface area contributed by atoms with Gasteiger partial charge in [0, 0.05) is 36.6 Å². The third-order valence-electron chi connectivity index (χ3n) is 4.45. The Morgan fingerprint density at radius 1 is 1.43 bits per heavy atom. The van der Waals surface area contributed by atoms with Crippen LogP contribution < -0.4 is 5.32 Å². The predicted octanol–water partition coefficient (Wildman–Crippen LogP) is 3.03. The van der Waals surface area contributed by atoms with E-state index in [0.29, 0.717) is 17.8 Å². The molecule has 0 spiro atoms. The third kappa shape index (κ3) is 3.80. The second-order valence-corrected chi connectivity index (χ2v) is 7.53. The molecule has 23 heavy (non-hydrogen) atoms. The summed E-state index contributed by atoms with van der Waals surface area (Å²) in [5.41, 5.74) is 2.07. The Hall–Kier alpha value is -1.69. The zero-order chi connectivity index (χ0) is 16.2. The van der Waals surface area contributed by atoms with E-state index in [1.165, 1.54) is 0 Å². The number of H-pyrrole nitrogens is 1. The number of aryl methyl sites for hydroxylation is 1. The number of hydrogen-bond donors (Lipinski definition) is 2. The van der Waals surface area contributed by atoms with Crippen LogP contribution in [0.4, 0.5) is 4.79 Å². The molecule has 1 aliphatic rings. The maximum Gasteiger partial charge on any atom is 0.317 e. The monoisotopic (exact) mass is 332 g/mol. The molecular formula is C17H24N4OS. The number of urea groups is 1. The van der Waals surface area contributed by atoms with Crippen molar-refractivity contribution in [3.05, 3.63) is 30.1 Å². The van der Waals surface area contributed by atoms with Crippen LogP contribution in [0.15, 0.2) is 24.3 Å². The standard InChI is InChI=1S/C17H24N4OS/c1-12-13(2)23-11-10-21(12)17(22)18-9-5-8-16-19-14-6-3-4-7-15(14)20-16/h3-4,6-7,12-13H,5,8-11H2,1-2H3,(H,18,22)(H,19,20)/t12-,13-/m1/s1. The maximum absolute atomic E-state index is 12.3.